The van der Waals surface area contributed by atoms with E-state index in [9.17, 15) is 4.79 Å². The number of carbonyl (C=O) groups is 1. The fourth-order valence-electron chi connectivity index (χ4n) is 3.36. The molecule has 0 spiro atoms. The van der Waals surface area contributed by atoms with Crippen LogP contribution >= 0.6 is 11.6 Å². The summed E-state index contributed by atoms with van der Waals surface area (Å²) in [6.07, 6.45) is 5.72. The van der Waals surface area contributed by atoms with Gasteiger partial charge in [0.05, 0.1) is 22.5 Å². The van der Waals surface area contributed by atoms with Crippen molar-refractivity contribution in [3.05, 3.63) is 71.0 Å². The number of aryl methyl sites for hydroxylation is 1. The smallest absolute Gasteiger partial charge is 0.258 e. The van der Waals surface area contributed by atoms with Gasteiger partial charge in [0, 0.05) is 30.7 Å². The molecule has 0 radical (unpaired) electrons. The second kappa shape index (κ2) is 7.45. The van der Waals surface area contributed by atoms with Crippen LogP contribution in [0.2, 0.25) is 5.02 Å². The van der Waals surface area contributed by atoms with E-state index in [1.54, 1.807) is 23.1 Å². The third kappa shape index (κ3) is 3.69. The van der Waals surface area contributed by atoms with Gasteiger partial charge in [-0.2, -0.15) is 5.10 Å². The summed E-state index contributed by atoms with van der Waals surface area (Å²) in [4.78, 5) is 15.0. The highest BCUT2D eigenvalue weighted by Crippen LogP contribution is 2.26. The molecule has 4 rings (SSSR count). The molecule has 2 heterocycles. The summed E-state index contributed by atoms with van der Waals surface area (Å²) in [6.45, 7) is 4.22. The Balaban J connectivity index is 1.50. The van der Waals surface area contributed by atoms with Crippen LogP contribution in [0.25, 0.3) is 5.69 Å². The maximum absolute atomic E-state index is 12.6. The molecule has 0 atom stereocenters. The van der Waals surface area contributed by atoms with Gasteiger partial charge < -0.3 is 10.2 Å². The van der Waals surface area contributed by atoms with Gasteiger partial charge in [0.25, 0.3) is 5.91 Å². The summed E-state index contributed by atoms with van der Waals surface area (Å²) >= 11 is 6.20. The van der Waals surface area contributed by atoms with Crippen LogP contribution in [0.15, 0.2) is 54.9 Å². The molecule has 1 amide bonds. The van der Waals surface area contributed by atoms with Crippen LogP contribution in [0.1, 0.15) is 28.8 Å². The van der Waals surface area contributed by atoms with Gasteiger partial charge in [0.2, 0.25) is 0 Å². The van der Waals surface area contributed by atoms with Crippen molar-refractivity contribution in [1.82, 2.24) is 9.78 Å². The maximum Gasteiger partial charge on any atom is 0.258 e. The monoisotopic (exact) mass is 380 g/mol. The Kier molecular flexibility index (Phi) is 4.86. The minimum Gasteiger partial charge on any atom is -0.372 e. The van der Waals surface area contributed by atoms with Gasteiger partial charge in [-0.1, -0.05) is 23.7 Å². The number of nitrogens with zero attached hydrogens (tertiary/aromatic N) is 3. The highest BCUT2D eigenvalue weighted by Gasteiger charge is 2.15. The van der Waals surface area contributed by atoms with E-state index in [1.807, 2.05) is 31.2 Å². The van der Waals surface area contributed by atoms with Crippen LogP contribution in [0.4, 0.5) is 11.4 Å². The highest BCUT2D eigenvalue weighted by atomic mass is 35.5. The number of aromatic nitrogens is 2. The molecule has 1 aromatic heterocycles. The zero-order chi connectivity index (χ0) is 18.8. The molecular formula is C21H21ClN4O. The van der Waals surface area contributed by atoms with Crippen molar-refractivity contribution in [2.24, 2.45) is 0 Å². The third-order valence-corrected chi connectivity index (χ3v) is 5.19. The number of anilines is 2. The third-order valence-electron chi connectivity index (χ3n) is 4.87. The first kappa shape index (κ1) is 17.6. The first-order chi connectivity index (χ1) is 13.1. The summed E-state index contributed by atoms with van der Waals surface area (Å²) in [6, 6.07) is 13.6. The Morgan fingerprint density at radius 2 is 1.93 bits per heavy atom. The summed E-state index contributed by atoms with van der Waals surface area (Å²) in [5.41, 5.74) is 4.30. The van der Waals surface area contributed by atoms with E-state index in [4.69, 9.17) is 11.6 Å². The van der Waals surface area contributed by atoms with Gasteiger partial charge in [-0.3, -0.25) is 4.79 Å². The van der Waals surface area contributed by atoms with Gasteiger partial charge >= 0.3 is 0 Å². The molecular weight excluding hydrogens is 360 g/mol. The second-order valence-corrected chi connectivity index (χ2v) is 7.18. The molecule has 6 heteroatoms. The summed E-state index contributed by atoms with van der Waals surface area (Å²) in [5.74, 6) is -0.190. The van der Waals surface area contributed by atoms with Crippen molar-refractivity contribution in [2.75, 3.05) is 23.3 Å². The minimum absolute atomic E-state index is 0.190. The molecule has 138 valence electrons. The zero-order valence-corrected chi connectivity index (χ0v) is 15.9. The Hall–Kier alpha value is -2.79. The molecule has 1 aliphatic rings. The predicted octanol–water partition coefficient (Wildman–Crippen LogP) is 4.69. The average Bonchev–Trinajstić information content (AvgIpc) is 3.36. The first-order valence-corrected chi connectivity index (χ1v) is 9.46. The number of para-hydroxylation sites is 1. The second-order valence-electron chi connectivity index (χ2n) is 6.77. The lowest BCUT2D eigenvalue weighted by Crippen LogP contribution is -2.18. The quantitative estimate of drug-likeness (QED) is 0.714. The van der Waals surface area contributed by atoms with Crippen LogP contribution < -0.4 is 10.2 Å². The maximum atomic E-state index is 12.6. The number of amides is 1. The molecule has 5 nitrogen and oxygen atoms in total. The Bertz CT molecular complexity index is 976. The molecule has 1 fully saturated rings. The summed E-state index contributed by atoms with van der Waals surface area (Å²) < 4.78 is 1.61. The largest absolute Gasteiger partial charge is 0.372 e. The van der Waals surface area contributed by atoms with Crippen molar-refractivity contribution >= 4 is 28.9 Å². The number of halogens is 1. The molecule has 1 aliphatic heterocycles. The summed E-state index contributed by atoms with van der Waals surface area (Å²) in [5, 5.41) is 7.83. The molecule has 0 bridgehead atoms. The van der Waals surface area contributed by atoms with Crippen LogP contribution in [0.5, 0.6) is 0 Å². The normalized spacial score (nSPS) is 13.8. The van der Waals surface area contributed by atoms with Crippen LogP contribution in [0, 0.1) is 6.92 Å². The molecule has 3 aromatic rings. The zero-order valence-electron chi connectivity index (χ0n) is 15.2. The van der Waals surface area contributed by atoms with Crippen LogP contribution in [-0.4, -0.2) is 28.8 Å². The van der Waals surface area contributed by atoms with E-state index in [-0.39, 0.29) is 5.91 Å². The molecule has 0 aliphatic carbocycles. The van der Waals surface area contributed by atoms with Crippen molar-refractivity contribution in [2.45, 2.75) is 19.8 Å². The molecule has 0 saturated carbocycles. The predicted molar refractivity (Wildman–Crippen MR) is 109 cm³/mol. The number of carbonyl (C=O) groups excluding carboxylic acids is 1. The summed E-state index contributed by atoms with van der Waals surface area (Å²) in [7, 11) is 0. The highest BCUT2D eigenvalue weighted by molar-refractivity contribution is 6.32. The lowest BCUT2D eigenvalue weighted by molar-refractivity contribution is 0.102. The van der Waals surface area contributed by atoms with Gasteiger partial charge in [0.1, 0.15) is 0 Å². The average molecular weight is 381 g/mol. The number of hydrogen-bond acceptors (Lipinski definition) is 3. The molecule has 1 N–H and O–H groups in total. The molecule has 1 saturated heterocycles. The van der Waals surface area contributed by atoms with Crippen molar-refractivity contribution in [1.29, 1.82) is 0 Å². The topological polar surface area (TPSA) is 50.2 Å². The molecule has 0 unspecified atom stereocenters. The molecule has 2 aromatic carbocycles. The fourth-order valence-corrected chi connectivity index (χ4v) is 3.59. The van der Waals surface area contributed by atoms with Gasteiger partial charge in [-0.25, -0.2) is 4.68 Å². The van der Waals surface area contributed by atoms with E-state index in [2.05, 4.69) is 27.4 Å². The fraction of sp³-hybridized carbons (Fsp3) is 0.238. The Morgan fingerprint density at radius 1 is 1.15 bits per heavy atom. The van der Waals surface area contributed by atoms with Crippen molar-refractivity contribution in [3.8, 4) is 5.69 Å². The van der Waals surface area contributed by atoms with Gasteiger partial charge in [0.15, 0.2) is 0 Å². The van der Waals surface area contributed by atoms with E-state index in [1.165, 1.54) is 18.5 Å². The Labute approximate surface area is 163 Å². The minimum atomic E-state index is -0.190. The Morgan fingerprint density at radius 3 is 2.67 bits per heavy atom. The SMILES string of the molecule is Cc1cc(N2CCCC2)ccc1NC(=O)c1cnn(-c2ccccc2Cl)c1. The van der Waals surface area contributed by atoms with Crippen LogP contribution in [0.3, 0.4) is 0 Å². The lowest BCUT2D eigenvalue weighted by atomic mass is 10.1. The number of hydrogen-bond donors (Lipinski definition) is 1. The van der Waals surface area contributed by atoms with Crippen molar-refractivity contribution in [3.63, 3.8) is 0 Å². The van der Waals surface area contributed by atoms with Crippen LogP contribution in [-0.2, 0) is 0 Å². The lowest BCUT2D eigenvalue weighted by Gasteiger charge is -2.19. The van der Waals surface area contributed by atoms with Crippen molar-refractivity contribution < 1.29 is 4.79 Å². The number of benzene rings is 2. The van der Waals surface area contributed by atoms with E-state index < -0.39 is 0 Å². The van der Waals surface area contributed by atoms with E-state index >= 15 is 0 Å². The van der Waals surface area contributed by atoms with Gasteiger partial charge in [-0.15, -0.1) is 0 Å². The standard InChI is InChI=1S/C21H21ClN4O/c1-15-12-17(25-10-4-5-11-25)8-9-19(15)24-21(27)16-13-23-26(14-16)20-7-3-2-6-18(20)22/h2-3,6-9,12-14H,4-5,10-11H2,1H3,(H,24,27). The number of rotatable bonds is 4. The van der Waals surface area contributed by atoms with E-state index in [0.717, 1.165) is 30.0 Å². The van der Waals surface area contributed by atoms with E-state index in [0.29, 0.717) is 10.6 Å². The first-order valence-electron chi connectivity index (χ1n) is 9.08. The molecule has 27 heavy (non-hydrogen) atoms. The number of nitrogens with one attached hydrogen (secondary N) is 1. The van der Waals surface area contributed by atoms with Gasteiger partial charge in [-0.05, 0) is 55.7 Å².